The van der Waals surface area contributed by atoms with Gasteiger partial charge in [0.25, 0.3) is 0 Å². The summed E-state index contributed by atoms with van der Waals surface area (Å²) in [4.78, 5) is 0.352. The van der Waals surface area contributed by atoms with E-state index in [1.165, 1.54) is 11.8 Å². The van der Waals surface area contributed by atoms with E-state index in [-0.39, 0.29) is 0 Å². The molecule has 114 valence electrons. The van der Waals surface area contributed by atoms with E-state index >= 15 is 0 Å². The second kappa shape index (κ2) is 5.99. The van der Waals surface area contributed by atoms with Gasteiger partial charge in [0.1, 0.15) is 0 Å². The first-order chi connectivity index (χ1) is 9.79. The lowest BCUT2D eigenvalue weighted by atomic mass is 10.2. The highest BCUT2D eigenvalue weighted by molar-refractivity contribution is 7.90. The van der Waals surface area contributed by atoms with E-state index in [2.05, 4.69) is 17.3 Å². The molecule has 21 heavy (non-hydrogen) atoms. The lowest BCUT2D eigenvalue weighted by Crippen LogP contribution is -2.14. The van der Waals surface area contributed by atoms with Gasteiger partial charge in [-0.2, -0.15) is 5.10 Å². The largest absolute Gasteiger partial charge is 0.308 e. The molecule has 0 atom stereocenters. The fraction of sp³-hybridized carbons (Fsp3) is 0.400. The lowest BCUT2D eigenvalue weighted by molar-refractivity contribution is 0.601. The van der Waals surface area contributed by atoms with Gasteiger partial charge in [-0.3, -0.25) is 4.68 Å². The van der Waals surface area contributed by atoms with Crippen LogP contribution in [0.2, 0.25) is 0 Å². The Bertz CT molecular complexity index is 731. The summed E-state index contributed by atoms with van der Waals surface area (Å²) in [6.07, 6.45) is 1.22. The SMILES string of the molecule is Cc1nn(C)c(C)c1CNCc1ccc(S(C)(=O)=O)cc1. The highest BCUT2D eigenvalue weighted by Crippen LogP contribution is 2.13. The Morgan fingerprint density at radius 1 is 1.14 bits per heavy atom. The van der Waals surface area contributed by atoms with Crippen molar-refractivity contribution in [2.45, 2.75) is 31.8 Å². The zero-order chi connectivity index (χ0) is 15.6. The molecule has 0 radical (unpaired) electrons. The molecule has 1 heterocycles. The first-order valence-corrected chi connectivity index (χ1v) is 8.67. The van der Waals surface area contributed by atoms with Crippen LogP contribution in [-0.2, 0) is 30.0 Å². The van der Waals surface area contributed by atoms with Crippen LogP contribution in [0.25, 0.3) is 0 Å². The predicted octanol–water partition coefficient (Wildman–Crippen LogP) is 1.73. The van der Waals surface area contributed by atoms with E-state index in [1.54, 1.807) is 12.1 Å². The van der Waals surface area contributed by atoms with Crippen LogP contribution in [0.15, 0.2) is 29.2 Å². The maximum atomic E-state index is 11.4. The molecule has 0 aliphatic heterocycles. The number of aromatic nitrogens is 2. The summed E-state index contributed by atoms with van der Waals surface area (Å²) in [5.74, 6) is 0. The highest BCUT2D eigenvalue weighted by atomic mass is 32.2. The Morgan fingerprint density at radius 2 is 1.76 bits per heavy atom. The van der Waals surface area contributed by atoms with Gasteiger partial charge in [-0.25, -0.2) is 8.42 Å². The maximum absolute atomic E-state index is 11.4. The van der Waals surface area contributed by atoms with Crippen molar-refractivity contribution in [1.29, 1.82) is 0 Å². The quantitative estimate of drug-likeness (QED) is 0.914. The number of rotatable bonds is 5. The van der Waals surface area contributed by atoms with Gasteiger partial charge in [-0.1, -0.05) is 12.1 Å². The fourth-order valence-electron chi connectivity index (χ4n) is 2.26. The smallest absolute Gasteiger partial charge is 0.175 e. The van der Waals surface area contributed by atoms with Crippen LogP contribution in [0, 0.1) is 13.8 Å². The van der Waals surface area contributed by atoms with Gasteiger partial charge < -0.3 is 5.32 Å². The van der Waals surface area contributed by atoms with Crippen molar-refractivity contribution in [2.75, 3.05) is 6.26 Å². The summed E-state index contributed by atoms with van der Waals surface area (Å²) >= 11 is 0. The standard InChI is InChI=1S/C15H21N3O2S/c1-11-15(12(2)18(3)17-11)10-16-9-13-5-7-14(8-6-13)21(4,19)20/h5-8,16H,9-10H2,1-4H3. The number of nitrogens with one attached hydrogen (secondary N) is 1. The summed E-state index contributed by atoms with van der Waals surface area (Å²) in [5, 5.41) is 7.75. The third-order valence-corrected chi connectivity index (χ3v) is 4.77. The van der Waals surface area contributed by atoms with Crippen LogP contribution in [-0.4, -0.2) is 24.5 Å². The predicted molar refractivity (Wildman–Crippen MR) is 82.8 cm³/mol. The molecule has 1 aromatic heterocycles. The summed E-state index contributed by atoms with van der Waals surface area (Å²) in [6.45, 7) is 5.50. The number of sulfone groups is 1. The van der Waals surface area contributed by atoms with Crippen LogP contribution < -0.4 is 5.32 Å². The molecule has 0 bridgehead atoms. The molecule has 0 unspecified atom stereocenters. The topological polar surface area (TPSA) is 64.0 Å². The zero-order valence-electron chi connectivity index (χ0n) is 12.8. The van der Waals surface area contributed by atoms with E-state index < -0.39 is 9.84 Å². The molecule has 1 N–H and O–H groups in total. The van der Waals surface area contributed by atoms with Crippen molar-refractivity contribution >= 4 is 9.84 Å². The molecule has 0 aliphatic rings. The molecular weight excluding hydrogens is 286 g/mol. The van der Waals surface area contributed by atoms with Gasteiger partial charge in [-0.05, 0) is 31.5 Å². The third-order valence-electron chi connectivity index (χ3n) is 3.64. The van der Waals surface area contributed by atoms with E-state index in [0.29, 0.717) is 11.4 Å². The number of aryl methyl sites for hydroxylation is 2. The molecular formula is C15H21N3O2S. The average molecular weight is 307 g/mol. The Hall–Kier alpha value is -1.66. The van der Waals surface area contributed by atoms with E-state index in [4.69, 9.17) is 0 Å². The van der Waals surface area contributed by atoms with Crippen LogP contribution in [0.5, 0.6) is 0 Å². The van der Waals surface area contributed by atoms with Crippen molar-refractivity contribution in [3.63, 3.8) is 0 Å². The van der Waals surface area contributed by atoms with Crippen LogP contribution in [0.1, 0.15) is 22.5 Å². The van der Waals surface area contributed by atoms with Gasteiger partial charge in [0.05, 0.1) is 10.6 Å². The molecule has 6 heteroatoms. The van der Waals surface area contributed by atoms with E-state index in [9.17, 15) is 8.42 Å². The fourth-order valence-corrected chi connectivity index (χ4v) is 2.89. The maximum Gasteiger partial charge on any atom is 0.175 e. The minimum Gasteiger partial charge on any atom is -0.308 e. The van der Waals surface area contributed by atoms with E-state index in [0.717, 1.165) is 23.5 Å². The Morgan fingerprint density at radius 3 is 2.24 bits per heavy atom. The number of benzene rings is 1. The lowest BCUT2D eigenvalue weighted by Gasteiger charge is -2.06. The average Bonchev–Trinajstić information content (AvgIpc) is 2.64. The van der Waals surface area contributed by atoms with Crippen molar-refractivity contribution in [2.24, 2.45) is 7.05 Å². The molecule has 0 saturated carbocycles. The minimum atomic E-state index is -3.12. The first-order valence-electron chi connectivity index (χ1n) is 6.78. The Labute approximate surface area is 125 Å². The second-order valence-electron chi connectivity index (χ2n) is 5.29. The molecule has 0 aliphatic carbocycles. The number of hydrogen-bond donors (Lipinski definition) is 1. The third kappa shape index (κ3) is 3.71. The Kier molecular flexibility index (Phi) is 4.49. The van der Waals surface area contributed by atoms with Crippen molar-refractivity contribution in [3.8, 4) is 0 Å². The molecule has 1 aromatic carbocycles. The monoisotopic (exact) mass is 307 g/mol. The summed E-state index contributed by atoms with van der Waals surface area (Å²) in [7, 11) is -1.18. The van der Waals surface area contributed by atoms with Crippen molar-refractivity contribution in [1.82, 2.24) is 15.1 Å². The van der Waals surface area contributed by atoms with Crippen molar-refractivity contribution < 1.29 is 8.42 Å². The summed E-state index contributed by atoms with van der Waals surface area (Å²) < 4.78 is 24.7. The van der Waals surface area contributed by atoms with Crippen LogP contribution >= 0.6 is 0 Å². The highest BCUT2D eigenvalue weighted by Gasteiger charge is 2.09. The number of hydrogen-bond acceptors (Lipinski definition) is 4. The summed E-state index contributed by atoms with van der Waals surface area (Å²) in [5.41, 5.74) is 4.47. The van der Waals surface area contributed by atoms with Crippen LogP contribution in [0.3, 0.4) is 0 Å². The van der Waals surface area contributed by atoms with Gasteiger partial charge in [0.2, 0.25) is 0 Å². The van der Waals surface area contributed by atoms with Crippen LogP contribution in [0.4, 0.5) is 0 Å². The minimum absolute atomic E-state index is 0.352. The Balaban J connectivity index is 1.98. The molecule has 2 rings (SSSR count). The van der Waals surface area contributed by atoms with Gasteiger partial charge in [0.15, 0.2) is 9.84 Å². The van der Waals surface area contributed by atoms with Gasteiger partial charge in [-0.15, -0.1) is 0 Å². The molecule has 0 spiro atoms. The number of nitrogens with zero attached hydrogens (tertiary/aromatic N) is 2. The second-order valence-corrected chi connectivity index (χ2v) is 7.31. The normalized spacial score (nSPS) is 11.8. The van der Waals surface area contributed by atoms with Crippen molar-refractivity contribution in [3.05, 3.63) is 46.8 Å². The molecule has 0 fully saturated rings. The molecule has 2 aromatic rings. The summed E-state index contributed by atoms with van der Waals surface area (Å²) in [6, 6.07) is 6.97. The molecule has 0 amide bonds. The zero-order valence-corrected chi connectivity index (χ0v) is 13.7. The first kappa shape index (κ1) is 15.7. The molecule has 0 saturated heterocycles. The van der Waals surface area contributed by atoms with E-state index in [1.807, 2.05) is 30.8 Å². The molecule has 5 nitrogen and oxygen atoms in total. The van der Waals surface area contributed by atoms with Gasteiger partial charge >= 0.3 is 0 Å². The van der Waals surface area contributed by atoms with Gasteiger partial charge in [0, 0.05) is 37.7 Å².